The molecule has 0 heterocycles. The lowest BCUT2D eigenvalue weighted by atomic mass is 9.73. The largest absolute Gasteiger partial charge is 0.0843 e. The molecule has 0 fully saturated rings. The summed E-state index contributed by atoms with van der Waals surface area (Å²) in [5.74, 6) is 0.130. The van der Waals surface area contributed by atoms with Crippen LogP contribution in [-0.2, 0) is 10.8 Å². The Kier molecular flexibility index (Phi) is 8.97. The third kappa shape index (κ3) is 6.43. The Bertz CT molecular complexity index is 2590. The Morgan fingerprint density at radius 1 is 0.585 bits per heavy atom. The van der Waals surface area contributed by atoms with Gasteiger partial charge in [-0.3, -0.25) is 0 Å². The molecule has 0 unspecified atom stereocenters. The number of fused-ring (bicyclic) bond motifs is 2. The molecule has 2 aliphatic carbocycles. The molecule has 53 heavy (non-hydrogen) atoms. The first-order valence-corrected chi connectivity index (χ1v) is 19.3. The highest BCUT2D eigenvalue weighted by Crippen LogP contribution is 2.43. The summed E-state index contributed by atoms with van der Waals surface area (Å²) in [6.07, 6.45) is 11.6. The van der Waals surface area contributed by atoms with Crippen LogP contribution < -0.4 is 10.4 Å². The van der Waals surface area contributed by atoms with Gasteiger partial charge in [0.25, 0.3) is 0 Å². The maximum atomic E-state index is 6.57. The van der Waals surface area contributed by atoms with Gasteiger partial charge in [0.1, 0.15) is 0 Å². The molecule has 0 amide bonds. The maximum Gasteiger partial charge on any atom is 0.0406 e. The van der Waals surface area contributed by atoms with Gasteiger partial charge in [-0.05, 0) is 135 Å². The highest BCUT2D eigenvalue weighted by atomic mass is 35.5. The van der Waals surface area contributed by atoms with E-state index in [9.17, 15) is 0 Å². The molecule has 0 bridgehead atoms. The summed E-state index contributed by atoms with van der Waals surface area (Å²) in [5, 5.41) is 6.50. The molecular weight excluding hydrogens is 683 g/mol. The van der Waals surface area contributed by atoms with Crippen molar-refractivity contribution in [3.63, 3.8) is 0 Å². The Hall–Kier alpha value is -4.88. The van der Waals surface area contributed by atoms with Crippen molar-refractivity contribution in [3.8, 4) is 22.3 Å². The lowest BCUT2D eigenvalue weighted by Crippen LogP contribution is -2.30. The first kappa shape index (κ1) is 35.2. The van der Waals surface area contributed by atoms with Gasteiger partial charge in [-0.1, -0.05) is 174 Å². The lowest BCUT2D eigenvalue weighted by Gasteiger charge is -2.30. The smallest absolute Gasteiger partial charge is 0.0406 e. The van der Waals surface area contributed by atoms with Gasteiger partial charge in [0, 0.05) is 16.0 Å². The molecule has 0 nitrogen and oxygen atoms in total. The van der Waals surface area contributed by atoms with Gasteiger partial charge in [0.15, 0.2) is 0 Å². The molecule has 0 N–H and O–H groups in total. The van der Waals surface area contributed by atoms with Gasteiger partial charge < -0.3 is 0 Å². The van der Waals surface area contributed by atoms with Crippen LogP contribution in [0, 0.1) is 10.4 Å². The normalized spacial score (nSPS) is 13.6. The van der Waals surface area contributed by atoms with E-state index in [0.29, 0.717) is 10.0 Å². The number of halogens is 2. The van der Waals surface area contributed by atoms with E-state index in [0.717, 1.165) is 11.1 Å². The second-order valence-corrected chi connectivity index (χ2v) is 17.2. The average molecular weight is 728 g/mol. The highest BCUT2D eigenvalue weighted by Gasteiger charge is 2.32. The topological polar surface area (TPSA) is 0 Å². The van der Waals surface area contributed by atoms with Gasteiger partial charge in [-0.2, -0.15) is 0 Å². The van der Waals surface area contributed by atoms with E-state index in [1.165, 1.54) is 71.0 Å². The van der Waals surface area contributed by atoms with E-state index in [1.807, 2.05) is 24.3 Å². The number of benzene rings is 6. The summed E-state index contributed by atoms with van der Waals surface area (Å²) in [4.78, 5) is 0. The van der Waals surface area contributed by atoms with E-state index in [-0.39, 0.29) is 16.7 Å². The van der Waals surface area contributed by atoms with Crippen molar-refractivity contribution in [1.29, 1.82) is 0 Å². The van der Waals surface area contributed by atoms with Gasteiger partial charge in [-0.15, -0.1) is 0 Å². The van der Waals surface area contributed by atoms with Crippen LogP contribution in [0.3, 0.4) is 0 Å². The number of allylic oxidation sites excluding steroid dienone is 4. The van der Waals surface area contributed by atoms with E-state index < -0.39 is 0 Å². The SMILES string of the molecule is CC(C)(C)c1cc2c(cc1-c1ccccc1)=Cc1c(C3C=CC=C3)c(-c3ccccc3)c(C(C)(C)C)c(=C(c3ccc(Cl)cc3)c3ccc(Cl)cc3)c1=2. The van der Waals surface area contributed by atoms with Gasteiger partial charge in [0.2, 0.25) is 0 Å². The molecule has 0 spiro atoms. The van der Waals surface area contributed by atoms with Crippen LogP contribution in [-0.4, -0.2) is 0 Å². The maximum absolute atomic E-state index is 6.57. The summed E-state index contributed by atoms with van der Waals surface area (Å²) in [5.41, 5.74) is 13.4. The second-order valence-electron chi connectivity index (χ2n) is 16.4. The second kappa shape index (κ2) is 13.5. The lowest BCUT2D eigenvalue weighted by molar-refractivity contribution is 0.585. The number of hydrogen-bond acceptors (Lipinski definition) is 0. The minimum absolute atomic E-state index is 0.0986. The van der Waals surface area contributed by atoms with Gasteiger partial charge in [0.05, 0.1) is 0 Å². The van der Waals surface area contributed by atoms with Gasteiger partial charge >= 0.3 is 0 Å². The molecular formula is C51H44Cl2. The fraction of sp³-hybridized carbons (Fsp3) is 0.176. The van der Waals surface area contributed by atoms with Crippen LogP contribution in [0.15, 0.2) is 146 Å². The molecule has 0 aromatic heterocycles. The van der Waals surface area contributed by atoms with Crippen molar-refractivity contribution < 1.29 is 0 Å². The first-order chi connectivity index (χ1) is 25.4. The number of hydrogen-bond donors (Lipinski definition) is 0. The zero-order valence-electron chi connectivity index (χ0n) is 31.3. The van der Waals surface area contributed by atoms with Crippen LogP contribution in [0.5, 0.6) is 0 Å². The quantitative estimate of drug-likeness (QED) is 0.166. The Labute approximate surface area is 323 Å². The summed E-state index contributed by atoms with van der Waals surface area (Å²) in [7, 11) is 0. The molecule has 0 aliphatic heterocycles. The van der Waals surface area contributed by atoms with Crippen LogP contribution in [0.4, 0.5) is 0 Å². The summed E-state index contributed by atoms with van der Waals surface area (Å²) in [6.45, 7) is 14.1. The first-order valence-electron chi connectivity index (χ1n) is 18.5. The summed E-state index contributed by atoms with van der Waals surface area (Å²) < 4.78 is 0. The van der Waals surface area contributed by atoms with Gasteiger partial charge in [-0.25, -0.2) is 0 Å². The molecule has 6 aromatic rings. The molecule has 2 heteroatoms. The predicted octanol–water partition coefficient (Wildman–Crippen LogP) is 12.8. The van der Waals surface area contributed by atoms with E-state index in [4.69, 9.17) is 23.2 Å². The van der Waals surface area contributed by atoms with Crippen LogP contribution in [0.2, 0.25) is 10.0 Å². The number of rotatable bonds is 5. The van der Waals surface area contributed by atoms with Crippen LogP contribution >= 0.6 is 23.2 Å². The van der Waals surface area contributed by atoms with Crippen molar-refractivity contribution in [3.05, 3.63) is 210 Å². The van der Waals surface area contributed by atoms with E-state index >= 15 is 0 Å². The minimum Gasteiger partial charge on any atom is -0.0843 e. The highest BCUT2D eigenvalue weighted by molar-refractivity contribution is 6.31. The molecule has 0 saturated heterocycles. The fourth-order valence-electron chi connectivity index (χ4n) is 8.37. The summed E-state index contributed by atoms with van der Waals surface area (Å²) in [6, 6.07) is 43.5. The molecule has 8 rings (SSSR count). The molecule has 2 aliphatic rings. The molecule has 0 radical (unpaired) electrons. The van der Waals surface area contributed by atoms with Crippen molar-refractivity contribution >= 4 is 34.9 Å². The minimum atomic E-state index is -0.250. The van der Waals surface area contributed by atoms with Crippen molar-refractivity contribution in [2.75, 3.05) is 0 Å². The van der Waals surface area contributed by atoms with E-state index in [1.54, 1.807) is 0 Å². The zero-order valence-corrected chi connectivity index (χ0v) is 32.8. The average Bonchev–Trinajstić information content (AvgIpc) is 3.81. The predicted molar refractivity (Wildman–Crippen MR) is 227 cm³/mol. The third-order valence-corrected chi connectivity index (χ3v) is 11.1. The Morgan fingerprint density at radius 3 is 1.62 bits per heavy atom. The molecule has 0 atom stereocenters. The monoisotopic (exact) mass is 726 g/mol. The van der Waals surface area contributed by atoms with Crippen molar-refractivity contribution in [2.45, 2.75) is 58.3 Å². The third-order valence-electron chi connectivity index (χ3n) is 10.6. The van der Waals surface area contributed by atoms with Crippen molar-refractivity contribution in [2.24, 2.45) is 0 Å². The Morgan fingerprint density at radius 2 is 1.11 bits per heavy atom. The standard InChI is InChI=1S/C51H44Cl2/c1-50(2,3)43-31-41-37(29-40(43)32-15-9-7-10-16-32)30-42-45(33-19-13-14-20-33)46(34-17-11-8-12-18-34)49(51(4,5)6)48(47(41)42)44(35-21-25-38(52)26-22-35)36-23-27-39(53)28-24-36/h7-31,33H,1-6H3. The van der Waals surface area contributed by atoms with Crippen LogP contribution in [0.1, 0.15) is 80.8 Å². The fourth-order valence-corrected chi connectivity index (χ4v) is 8.62. The van der Waals surface area contributed by atoms with E-state index in [2.05, 4.69) is 169 Å². The van der Waals surface area contributed by atoms with Crippen molar-refractivity contribution in [1.82, 2.24) is 0 Å². The molecule has 6 aromatic carbocycles. The zero-order chi connectivity index (χ0) is 37.1. The summed E-state index contributed by atoms with van der Waals surface area (Å²) >= 11 is 13.1. The van der Waals surface area contributed by atoms with Crippen LogP contribution in [0.25, 0.3) is 33.9 Å². The Balaban J connectivity index is 1.74. The molecule has 0 saturated carbocycles. The molecule has 262 valence electrons.